The van der Waals surface area contributed by atoms with Crippen LogP contribution in [0.5, 0.6) is 0 Å². The molecule has 0 heterocycles. The van der Waals surface area contributed by atoms with Gasteiger partial charge >= 0.3 is 0 Å². The van der Waals surface area contributed by atoms with Crippen molar-refractivity contribution in [3.8, 4) is 0 Å². The summed E-state index contributed by atoms with van der Waals surface area (Å²) in [6.45, 7) is 7.14. The molecule has 0 radical (unpaired) electrons. The molecule has 2 unspecified atom stereocenters. The van der Waals surface area contributed by atoms with Crippen molar-refractivity contribution >= 4 is 0 Å². The zero-order valence-electron chi connectivity index (χ0n) is 17.3. The van der Waals surface area contributed by atoms with Gasteiger partial charge in [0.15, 0.2) is 0 Å². The summed E-state index contributed by atoms with van der Waals surface area (Å²) in [5.41, 5.74) is 0. The lowest BCUT2D eigenvalue weighted by Crippen LogP contribution is -2.06. The lowest BCUT2D eigenvalue weighted by Gasteiger charge is -2.15. The Balaban J connectivity index is 3.10. The number of unbranched alkanes of at least 4 members (excludes halogenated alkanes) is 14. The molecule has 1 nitrogen and oxygen atoms in total. The summed E-state index contributed by atoms with van der Waals surface area (Å²) in [6.07, 6.45) is 24.2. The third-order valence-electron chi connectivity index (χ3n) is 5.42. The predicted octanol–water partition coefficient (Wildman–Crippen LogP) is 7.90. The van der Waals surface area contributed by atoms with E-state index in [0.717, 1.165) is 5.92 Å². The minimum Gasteiger partial charge on any atom is -0.396 e. The second-order valence-corrected chi connectivity index (χ2v) is 8.37. The molecule has 0 rings (SSSR count). The molecular weight excluding hydrogens is 292 g/mol. The lowest BCUT2D eigenvalue weighted by molar-refractivity contribution is 0.212. The van der Waals surface area contributed by atoms with E-state index in [4.69, 9.17) is 5.11 Å². The van der Waals surface area contributed by atoms with Gasteiger partial charge in [0.25, 0.3) is 0 Å². The van der Waals surface area contributed by atoms with Gasteiger partial charge in [0, 0.05) is 6.61 Å². The van der Waals surface area contributed by atoms with Crippen molar-refractivity contribution in [1.29, 1.82) is 0 Å². The number of rotatable bonds is 19. The highest BCUT2D eigenvalue weighted by Crippen LogP contribution is 2.19. The van der Waals surface area contributed by atoms with Crippen LogP contribution in [0.25, 0.3) is 0 Å². The van der Waals surface area contributed by atoms with Crippen molar-refractivity contribution in [2.45, 2.75) is 130 Å². The normalized spacial score (nSPS) is 14.0. The molecule has 0 amide bonds. The smallest absolute Gasteiger partial charge is 0.0456 e. The number of aliphatic hydroxyl groups excluding tert-OH is 1. The minimum absolute atomic E-state index is 0.350. The van der Waals surface area contributed by atoms with Crippen LogP contribution in [0.4, 0.5) is 0 Å². The van der Waals surface area contributed by atoms with Crippen LogP contribution in [0.3, 0.4) is 0 Å². The van der Waals surface area contributed by atoms with Gasteiger partial charge in [-0.25, -0.2) is 0 Å². The van der Waals surface area contributed by atoms with Crippen LogP contribution in [0, 0.1) is 11.8 Å². The molecule has 146 valence electrons. The van der Waals surface area contributed by atoms with E-state index in [2.05, 4.69) is 20.8 Å². The summed E-state index contributed by atoms with van der Waals surface area (Å²) in [6, 6.07) is 0. The maximum Gasteiger partial charge on any atom is 0.0456 e. The van der Waals surface area contributed by atoms with Gasteiger partial charge in [0.2, 0.25) is 0 Å². The minimum atomic E-state index is 0.350. The van der Waals surface area contributed by atoms with Crippen molar-refractivity contribution in [1.82, 2.24) is 0 Å². The van der Waals surface area contributed by atoms with Gasteiger partial charge in [0.1, 0.15) is 0 Å². The van der Waals surface area contributed by atoms with Crippen LogP contribution in [-0.2, 0) is 0 Å². The molecule has 0 aromatic rings. The van der Waals surface area contributed by atoms with Crippen LogP contribution < -0.4 is 0 Å². The summed E-state index contributed by atoms with van der Waals surface area (Å²) >= 11 is 0. The third kappa shape index (κ3) is 18.3. The molecule has 24 heavy (non-hydrogen) atoms. The summed E-state index contributed by atoms with van der Waals surface area (Å²) < 4.78 is 0. The Morgan fingerprint density at radius 2 is 0.917 bits per heavy atom. The highest BCUT2D eigenvalue weighted by molar-refractivity contribution is 4.59. The standard InChI is InChI=1S/C23H48O/c1-4-5-6-7-8-9-10-11-12-13-14-15-16-17-18-19-22(2)20-23(3)21-24/h22-24H,4-21H2,1-3H3. The quantitative estimate of drug-likeness (QED) is 0.237. The van der Waals surface area contributed by atoms with Gasteiger partial charge in [0.05, 0.1) is 0 Å². The van der Waals surface area contributed by atoms with E-state index in [1.54, 1.807) is 0 Å². The van der Waals surface area contributed by atoms with E-state index in [9.17, 15) is 0 Å². The Labute approximate surface area is 154 Å². The highest BCUT2D eigenvalue weighted by atomic mass is 16.3. The fraction of sp³-hybridized carbons (Fsp3) is 1.00. The van der Waals surface area contributed by atoms with Crippen LogP contribution in [0.15, 0.2) is 0 Å². The lowest BCUT2D eigenvalue weighted by atomic mass is 9.93. The average Bonchev–Trinajstić information content (AvgIpc) is 2.58. The molecule has 0 aliphatic rings. The first-order valence-electron chi connectivity index (χ1n) is 11.3. The van der Waals surface area contributed by atoms with E-state index in [-0.39, 0.29) is 0 Å². The highest BCUT2D eigenvalue weighted by Gasteiger charge is 2.07. The van der Waals surface area contributed by atoms with Gasteiger partial charge in [-0.1, -0.05) is 124 Å². The summed E-state index contributed by atoms with van der Waals surface area (Å²) in [7, 11) is 0. The van der Waals surface area contributed by atoms with Crippen LogP contribution in [-0.4, -0.2) is 11.7 Å². The summed E-state index contributed by atoms with van der Waals surface area (Å²) in [4.78, 5) is 0. The van der Waals surface area contributed by atoms with E-state index in [1.807, 2.05) is 0 Å². The Hall–Kier alpha value is -0.0400. The predicted molar refractivity (Wildman–Crippen MR) is 110 cm³/mol. The average molecular weight is 341 g/mol. The maximum atomic E-state index is 9.09. The van der Waals surface area contributed by atoms with Crippen LogP contribution >= 0.6 is 0 Å². The molecule has 1 heteroatoms. The van der Waals surface area contributed by atoms with Crippen molar-refractivity contribution < 1.29 is 5.11 Å². The Morgan fingerprint density at radius 1 is 0.542 bits per heavy atom. The Morgan fingerprint density at radius 3 is 1.29 bits per heavy atom. The molecule has 0 aliphatic heterocycles. The van der Waals surface area contributed by atoms with Gasteiger partial charge in [-0.15, -0.1) is 0 Å². The fourth-order valence-electron chi connectivity index (χ4n) is 3.74. The van der Waals surface area contributed by atoms with Crippen LogP contribution in [0.2, 0.25) is 0 Å². The molecule has 0 saturated carbocycles. The monoisotopic (exact) mass is 340 g/mol. The van der Waals surface area contributed by atoms with Crippen molar-refractivity contribution in [3.63, 3.8) is 0 Å². The Bertz CT molecular complexity index is 226. The molecule has 2 atom stereocenters. The van der Waals surface area contributed by atoms with Gasteiger partial charge in [-0.05, 0) is 18.3 Å². The largest absolute Gasteiger partial charge is 0.396 e. The zero-order chi connectivity index (χ0) is 17.9. The summed E-state index contributed by atoms with van der Waals surface area (Å²) in [5.74, 6) is 1.27. The molecule has 0 fully saturated rings. The summed E-state index contributed by atoms with van der Waals surface area (Å²) in [5, 5.41) is 9.09. The van der Waals surface area contributed by atoms with E-state index in [0.29, 0.717) is 12.5 Å². The van der Waals surface area contributed by atoms with E-state index < -0.39 is 0 Å². The van der Waals surface area contributed by atoms with Crippen molar-refractivity contribution in [2.24, 2.45) is 11.8 Å². The number of aliphatic hydroxyl groups is 1. The topological polar surface area (TPSA) is 20.2 Å². The van der Waals surface area contributed by atoms with Gasteiger partial charge in [-0.3, -0.25) is 0 Å². The van der Waals surface area contributed by atoms with Crippen molar-refractivity contribution in [2.75, 3.05) is 6.61 Å². The zero-order valence-corrected chi connectivity index (χ0v) is 17.3. The molecular formula is C23H48O. The molecule has 0 saturated heterocycles. The molecule has 0 aromatic heterocycles. The first-order chi connectivity index (χ1) is 11.7. The molecule has 0 spiro atoms. The molecule has 0 aromatic carbocycles. The first-order valence-corrected chi connectivity index (χ1v) is 11.3. The van der Waals surface area contributed by atoms with Crippen molar-refractivity contribution in [3.05, 3.63) is 0 Å². The van der Waals surface area contributed by atoms with E-state index >= 15 is 0 Å². The number of hydrogen-bond donors (Lipinski definition) is 1. The van der Waals surface area contributed by atoms with E-state index in [1.165, 1.54) is 109 Å². The Kier molecular flexibility index (Phi) is 19.3. The molecule has 0 aliphatic carbocycles. The second kappa shape index (κ2) is 19.3. The number of hydrogen-bond acceptors (Lipinski definition) is 1. The first kappa shape index (κ1) is 24.0. The third-order valence-corrected chi connectivity index (χ3v) is 5.42. The molecule has 0 bridgehead atoms. The fourth-order valence-corrected chi connectivity index (χ4v) is 3.74. The second-order valence-electron chi connectivity index (χ2n) is 8.37. The van der Waals surface area contributed by atoms with Gasteiger partial charge in [-0.2, -0.15) is 0 Å². The van der Waals surface area contributed by atoms with Gasteiger partial charge < -0.3 is 5.11 Å². The maximum absolute atomic E-state index is 9.09. The van der Waals surface area contributed by atoms with Crippen LogP contribution in [0.1, 0.15) is 130 Å². The molecule has 1 N–H and O–H groups in total. The SMILES string of the molecule is CCCCCCCCCCCCCCCCCC(C)CC(C)CO.